The SMILES string of the molecule is CCc1cc(NC(=O)CBr)c(C(=O)c2ccccc2Cl)cn1. The van der Waals surface area contributed by atoms with Crippen molar-refractivity contribution in [1.82, 2.24) is 4.98 Å². The summed E-state index contributed by atoms with van der Waals surface area (Å²) in [7, 11) is 0. The largest absolute Gasteiger partial charge is 0.325 e. The van der Waals surface area contributed by atoms with Gasteiger partial charge in [0.2, 0.25) is 5.91 Å². The van der Waals surface area contributed by atoms with Gasteiger partial charge in [-0.05, 0) is 24.6 Å². The maximum Gasteiger partial charge on any atom is 0.235 e. The fourth-order valence-corrected chi connectivity index (χ4v) is 2.31. The second-order valence-electron chi connectivity index (χ2n) is 4.57. The minimum absolute atomic E-state index is 0.149. The average Bonchev–Trinajstić information content (AvgIpc) is 2.54. The number of hydrogen-bond acceptors (Lipinski definition) is 3. The summed E-state index contributed by atoms with van der Waals surface area (Å²) in [5.41, 5.74) is 1.94. The van der Waals surface area contributed by atoms with E-state index in [0.717, 1.165) is 5.69 Å². The molecule has 2 rings (SSSR count). The molecular formula is C16H14BrClN2O2. The Bertz CT molecular complexity index is 719. The van der Waals surface area contributed by atoms with Gasteiger partial charge >= 0.3 is 0 Å². The monoisotopic (exact) mass is 380 g/mol. The zero-order valence-corrected chi connectivity index (χ0v) is 14.2. The number of benzene rings is 1. The van der Waals surface area contributed by atoms with Crippen LogP contribution in [0.25, 0.3) is 0 Å². The number of alkyl halides is 1. The molecule has 22 heavy (non-hydrogen) atoms. The van der Waals surface area contributed by atoms with Gasteiger partial charge in [-0.25, -0.2) is 0 Å². The van der Waals surface area contributed by atoms with Crippen molar-refractivity contribution in [1.29, 1.82) is 0 Å². The van der Waals surface area contributed by atoms with Crippen molar-refractivity contribution >= 4 is 44.9 Å². The highest BCUT2D eigenvalue weighted by Gasteiger charge is 2.18. The fraction of sp³-hybridized carbons (Fsp3) is 0.188. The summed E-state index contributed by atoms with van der Waals surface area (Å²) in [4.78, 5) is 28.6. The smallest absolute Gasteiger partial charge is 0.235 e. The zero-order valence-electron chi connectivity index (χ0n) is 11.9. The Labute approximate surface area is 142 Å². The van der Waals surface area contributed by atoms with E-state index in [1.54, 1.807) is 30.3 Å². The third-order valence-electron chi connectivity index (χ3n) is 3.08. The zero-order chi connectivity index (χ0) is 16.1. The van der Waals surface area contributed by atoms with E-state index in [-0.39, 0.29) is 17.0 Å². The number of ketones is 1. The van der Waals surface area contributed by atoms with Gasteiger partial charge in [-0.2, -0.15) is 0 Å². The molecule has 0 aliphatic rings. The molecule has 0 bridgehead atoms. The lowest BCUT2D eigenvalue weighted by atomic mass is 10.0. The summed E-state index contributed by atoms with van der Waals surface area (Å²) in [5, 5.41) is 3.23. The molecule has 6 heteroatoms. The average molecular weight is 382 g/mol. The molecule has 0 aliphatic carbocycles. The van der Waals surface area contributed by atoms with Crippen molar-refractivity contribution in [3.05, 3.63) is 58.4 Å². The fourth-order valence-electron chi connectivity index (χ4n) is 1.95. The van der Waals surface area contributed by atoms with Gasteiger partial charge in [0.1, 0.15) is 0 Å². The lowest BCUT2D eigenvalue weighted by Crippen LogP contribution is -2.16. The molecule has 0 fully saturated rings. The first-order chi connectivity index (χ1) is 10.6. The summed E-state index contributed by atoms with van der Waals surface area (Å²) in [6.45, 7) is 1.95. The lowest BCUT2D eigenvalue weighted by Gasteiger charge is -2.11. The number of carbonyl (C=O) groups is 2. The van der Waals surface area contributed by atoms with Crippen LogP contribution in [-0.4, -0.2) is 22.0 Å². The molecule has 0 unspecified atom stereocenters. The molecule has 2 aromatic rings. The van der Waals surface area contributed by atoms with Gasteiger partial charge in [0.15, 0.2) is 5.78 Å². The first-order valence-corrected chi connectivity index (χ1v) is 8.20. The highest BCUT2D eigenvalue weighted by atomic mass is 79.9. The molecule has 0 spiro atoms. The Morgan fingerprint density at radius 1 is 1.27 bits per heavy atom. The first kappa shape index (κ1) is 16.6. The van der Waals surface area contributed by atoms with Gasteiger partial charge in [-0.1, -0.05) is 46.6 Å². The first-order valence-electron chi connectivity index (χ1n) is 6.70. The maximum absolute atomic E-state index is 12.7. The van der Waals surface area contributed by atoms with Crippen molar-refractivity contribution in [2.24, 2.45) is 0 Å². The Hall–Kier alpha value is -1.72. The van der Waals surface area contributed by atoms with Gasteiger partial charge in [0.05, 0.1) is 21.6 Å². The van der Waals surface area contributed by atoms with Gasteiger partial charge in [-0.15, -0.1) is 0 Å². The topological polar surface area (TPSA) is 59.1 Å². The number of halogens is 2. The minimum atomic E-state index is -0.273. The predicted molar refractivity (Wildman–Crippen MR) is 90.9 cm³/mol. The quantitative estimate of drug-likeness (QED) is 0.632. The molecular weight excluding hydrogens is 368 g/mol. The summed E-state index contributed by atoms with van der Waals surface area (Å²) in [6, 6.07) is 8.51. The van der Waals surface area contributed by atoms with Crippen molar-refractivity contribution in [3.63, 3.8) is 0 Å². The number of amides is 1. The van der Waals surface area contributed by atoms with Gasteiger partial charge in [0, 0.05) is 17.5 Å². The van der Waals surface area contributed by atoms with Crippen LogP contribution < -0.4 is 5.32 Å². The number of carbonyl (C=O) groups excluding carboxylic acids is 2. The van der Waals surface area contributed by atoms with E-state index >= 15 is 0 Å². The molecule has 0 aliphatic heterocycles. The lowest BCUT2D eigenvalue weighted by molar-refractivity contribution is -0.113. The van der Waals surface area contributed by atoms with Crippen molar-refractivity contribution in [2.75, 3.05) is 10.6 Å². The second-order valence-corrected chi connectivity index (χ2v) is 5.53. The van der Waals surface area contributed by atoms with Crippen LogP contribution in [0.15, 0.2) is 36.5 Å². The number of aryl methyl sites for hydroxylation is 1. The van der Waals surface area contributed by atoms with Crippen LogP contribution in [-0.2, 0) is 11.2 Å². The van der Waals surface area contributed by atoms with E-state index in [1.165, 1.54) is 6.20 Å². The van der Waals surface area contributed by atoms with E-state index in [2.05, 4.69) is 26.2 Å². The van der Waals surface area contributed by atoms with Gasteiger partial charge in [0.25, 0.3) is 0 Å². The second kappa shape index (κ2) is 7.51. The third kappa shape index (κ3) is 3.72. The van der Waals surface area contributed by atoms with E-state index in [9.17, 15) is 9.59 Å². The molecule has 0 saturated carbocycles. The number of nitrogens with zero attached hydrogens (tertiary/aromatic N) is 1. The summed E-state index contributed by atoms with van der Waals surface area (Å²) >= 11 is 9.17. The molecule has 0 atom stereocenters. The predicted octanol–water partition coefficient (Wildman–Crippen LogP) is 3.86. The number of hydrogen-bond donors (Lipinski definition) is 1. The van der Waals surface area contributed by atoms with Crippen molar-refractivity contribution in [2.45, 2.75) is 13.3 Å². The maximum atomic E-state index is 12.7. The Morgan fingerprint density at radius 3 is 2.64 bits per heavy atom. The van der Waals surface area contributed by atoms with Crippen molar-refractivity contribution in [3.8, 4) is 0 Å². The minimum Gasteiger partial charge on any atom is -0.325 e. The third-order valence-corrected chi connectivity index (χ3v) is 3.92. The molecule has 1 N–H and O–H groups in total. The Kier molecular flexibility index (Phi) is 5.69. The summed E-state index contributed by atoms with van der Waals surface area (Å²) in [6.07, 6.45) is 2.19. The summed E-state index contributed by atoms with van der Waals surface area (Å²) < 4.78 is 0. The van der Waals surface area contributed by atoms with Crippen LogP contribution in [0.2, 0.25) is 5.02 Å². The molecule has 1 aromatic carbocycles. The van der Waals surface area contributed by atoms with Crippen LogP contribution in [0.3, 0.4) is 0 Å². The van der Waals surface area contributed by atoms with Crippen LogP contribution in [0, 0.1) is 0 Å². The normalized spacial score (nSPS) is 10.3. The molecule has 4 nitrogen and oxygen atoms in total. The molecule has 0 saturated heterocycles. The number of aromatic nitrogens is 1. The van der Waals surface area contributed by atoms with Gasteiger partial charge < -0.3 is 5.32 Å². The number of anilines is 1. The van der Waals surface area contributed by atoms with Crippen molar-refractivity contribution < 1.29 is 9.59 Å². The number of nitrogens with one attached hydrogen (secondary N) is 1. The van der Waals surface area contributed by atoms with Crippen LogP contribution in [0.4, 0.5) is 5.69 Å². The van der Waals surface area contributed by atoms with Gasteiger partial charge in [-0.3, -0.25) is 14.6 Å². The van der Waals surface area contributed by atoms with Crippen LogP contribution >= 0.6 is 27.5 Å². The van der Waals surface area contributed by atoms with Crippen LogP contribution in [0.1, 0.15) is 28.5 Å². The molecule has 1 heterocycles. The molecule has 114 valence electrons. The molecule has 1 aromatic heterocycles. The highest BCUT2D eigenvalue weighted by molar-refractivity contribution is 9.09. The number of rotatable bonds is 5. The molecule has 1 amide bonds. The van der Waals surface area contributed by atoms with E-state index < -0.39 is 0 Å². The summed E-state index contributed by atoms with van der Waals surface area (Å²) in [5.74, 6) is -0.507. The Balaban J connectivity index is 2.47. The molecule has 0 radical (unpaired) electrons. The van der Waals surface area contributed by atoms with E-state index in [4.69, 9.17) is 11.6 Å². The highest BCUT2D eigenvalue weighted by Crippen LogP contribution is 2.24. The standard InChI is InChI=1S/C16H14BrClN2O2/c1-2-10-7-14(20-15(21)8-17)12(9-19-10)16(22)11-5-3-4-6-13(11)18/h3-7,9H,2,8H2,1H3,(H,19,20,21). The van der Waals surface area contributed by atoms with Crippen LogP contribution in [0.5, 0.6) is 0 Å². The number of pyridine rings is 1. The Morgan fingerprint density at radius 2 is 2.00 bits per heavy atom. The van der Waals surface area contributed by atoms with E-state index in [0.29, 0.717) is 28.3 Å². The van der Waals surface area contributed by atoms with E-state index in [1.807, 2.05) is 6.92 Å².